The van der Waals surface area contributed by atoms with E-state index in [9.17, 15) is 13.2 Å². The third kappa shape index (κ3) is 3.54. The van der Waals surface area contributed by atoms with Gasteiger partial charge in [-0.05, 0) is 49.2 Å². The van der Waals surface area contributed by atoms with Crippen LogP contribution in [0.3, 0.4) is 0 Å². The van der Waals surface area contributed by atoms with Gasteiger partial charge in [-0.25, -0.2) is 8.42 Å². The first kappa shape index (κ1) is 17.5. The average Bonchev–Trinajstić information content (AvgIpc) is 2.97. The molecule has 1 amide bonds. The molecule has 0 aromatic heterocycles. The lowest BCUT2D eigenvalue weighted by Crippen LogP contribution is -2.32. The molecule has 1 N–H and O–H groups in total. The van der Waals surface area contributed by atoms with Crippen LogP contribution in [0.4, 0.5) is 11.4 Å². The van der Waals surface area contributed by atoms with Crippen LogP contribution in [-0.2, 0) is 21.2 Å². The molecule has 0 saturated heterocycles. The highest BCUT2D eigenvalue weighted by atomic mass is 32.2. The first-order valence-electron chi connectivity index (χ1n) is 8.32. The van der Waals surface area contributed by atoms with Crippen molar-refractivity contribution in [3.8, 4) is 0 Å². The number of aryl methyl sites for hydroxylation is 1. The van der Waals surface area contributed by atoms with Crippen molar-refractivity contribution < 1.29 is 13.2 Å². The van der Waals surface area contributed by atoms with Gasteiger partial charge in [0, 0.05) is 23.8 Å². The molecule has 2 aromatic carbocycles. The fourth-order valence-corrected chi connectivity index (χ4v) is 3.99. The Hall–Kier alpha value is -2.34. The predicted molar refractivity (Wildman–Crippen MR) is 99.3 cm³/mol. The van der Waals surface area contributed by atoms with E-state index in [0.29, 0.717) is 12.2 Å². The molecule has 0 unspecified atom stereocenters. The molecule has 0 radical (unpaired) electrons. The van der Waals surface area contributed by atoms with E-state index in [2.05, 4.69) is 4.72 Å². The quantitative estimate of drug-likeness (QED) is 0.911. The highest BCUT2D eigenvalue weighted by Crippen LogP contribution is 2.32. The van der Waals surface area contributed by atoms with E-state index in [1.807, 2.05) is 32.9 Å². The van der Waals surface area contributed by atoms with Gasteiger partial charge in [-0.1, -0.05) is 31.5 Å². The molecule has 0 fully saturated rings. The number of amides is 1. The molecule has 0 aliphatic carbocycles. The van der Waals surface area contributed by atoms with E-state index in [0.717, 1.165) is 23.2 Å². The summed E-state index contributed by atoms with van der Waals surface area (Å²) in [6.45, 7) is 6.31. The summed E-state index contributed by atoms with van der Waals surface area (Å²) in [5, 5.41) is 0. The molecule has 132 valence electrons. The van der Waals surface area contributed by atoms with Gasteiger partial charge in [-0.3, -0.25) is 9.52 Å². The van der Waals surface area contributed by atoms with Crippen molar-refractivity contribution in [2.75, 3.05) is 16.2 Å². The highest BCUT2D eigenvalue weighted by Gasteiger charge is 2.26. The smallest absolute Gasteiger partial charge is 0.261 e. The Morgan fingerprint density at radius 3 is 2.44 bits per heavy atom. The SMILES string of the molecule is Cc1ccc(S(=O)(=O)Nc2ccc3c(c2)CCN3C(=O)C(C)C)cc1. The minimum Gasteiger partial charge on any atom is -0.312 e. The minimum absolute atomic E-state index is 0.0642. The largest absolute Gasteiger partial charge is 0.312 e. The number of nitrogens with zero attached hydrogens (tertiary/aromatic N) is 1. The summed E-state index contributed by atoms with van der Waals surface area (Å²) in [6.07, 6.45) is 0.730. The van der Waals surface area contributed by atoms with Crippen LogP contribution in [0.5, 0.6) is 0 Å². The van der Waals surface area contributed by atoms with E-state index in [1.54, 1.807) is 35.2 Å². The molecule has 2 aromatic rings. The van der Waals surface area contributed by atoms with Crippen LogP contribution in [0.1, 0.15) is 25.0 Å². The van der Waals surface area contributed by atoms with Gasteiger partial charge in [0.2, 0.25) is 5.91 Å². The lowest BCUT2D eigenvalue weighted by atomic mass is 10.1. The van der Waals surface area contributed by atoms with Crippen molar-refractivity contribution in [1.82, 2.24) is 0 Å². The van der Waals surface area contributed by atoms with Crippen LogP contribution in [0, 0.1) is 12.8 Å². The number of anilines is 2. The van der Waals surface area contributed by atoms with E-state index < -0.39 is 10.0 Å². The topological polar surface area (TPSA) is 66.5 Å². The number of sulfonamides is 1. The zero-order chi connectivity index (χ0) is 18.2. The molecule has 5 nitrogen and oxygen atoms in total. The van der Waals surface area contributed by atoms with Gasteiger partial charge in [0.15, 0.2) is 0 Å². The minimum atomic E-state index is -3.62. The molecule has 25 heavy (non-hydrogen) atoms. The summed E-state index contributed by atoms with van der Waals surface area (Å²) in [5.41, 5.74) is 3.37. The number of hydrogen-bond donors (Lipinski definition) is 1. The Balaban J connectivity index is 1.84. The van der Waals surface area contributed by atoms with Crippen LogP contribution in [-0.4, -0.2) is 20.9 Å². The molecular formula is C19H22N2O3S. The monoisotopic (exact) mass is 358 g/mol. The van der Waals surface area contributed by atoms with Gasteiger partial charge in [-0.15, -0.1) is 0 Å². The van der Waals surface area contributed by atoms with E-state index in [-0.39, 0.29) is 16.7 Å². The Morgan fingerprint density at radius 1 is 1.12 bits per heavy atom. The standard InChI is InChI=1S/C19H22N2O3S/c1-13(2)19(22)21-11-10-15-12-16(6-9-18(15)21)20-25(23,24)17-7-4-14(3)5-8-17/h4-9,12-13,20H,10-11H2,1-3H3. The zero-order valence-electron chi connectivity index (χ0n) is 14.6. The van der Waals surface area contributed by atoms with Gasteiger partial charge in [0.25, 0.3) is 10.0 Å². The average molecular weight is 358 g/mol. The van der Waals surface area contributed by atoms with Crippen molar-refractivity contribution in [2.24, 2.45) is 5.92 Å². The number of carbonyl (C=O) groups excluding carboxylic acids is 1. The number of carbonyl (C=O) groups is 1. The van der Waals surface area contributed by atoms with Gasteiger partial charge in [-0.2, -0.15) is 0 Å². The fraction of sp³-hybridized carbons (Fsp3) is 0.316. The molecule has 3 rings (SSSR count). The van der Waals surface area contributed by atoms with Crippen molar-refractivity contribution in [1.29, 1.82) is 0 Å². The summed E-state index contributed by atoms with van der Waals surface area (Å²) < 4.78 is 27.6. The van der Waals surface area contributed by atoms with Crippen molar-refractivity contribution in [3.05, 3.63) is 53.6 Å². The first-order chi connectivity index (χ1) is 11.8. The van der Waals surface area contributed by atoms with E-state index in [4.69, 9.17) is 0 Å². The molecule has 1 aliphatic heterocycles. The van der Waals surface area contributed by atoms with E-state index in [1.165, 1.54) is 0 Å². The van der Waals surface area contributed by atoms with Crippen LogP contribution in [0.25, 0.3) is 0 Å². The summed E-state index contributed by atoms with van der Waals surface area (Å²) in [5.74, 6) is 0.0254. The Labute approximate surface area is 148 Å². The number of rotatable bonds is 4. The number of fused-ring (bicyclic) bond motifs is 1. The van der Waals surface area contributed by atoms with Gasteiger partial charge >= 0.3 is 0 Å². The normalized spacial score (nSPS) is 13.8. The number of benzene rings is 2. The summed E-state index contributed by atoms with van der Waals surface area (Å²) in [4.78, 5) is 14.3. The molecular weight excluding hydrogens is 336 g/mol. The maximum Gasteiger partial charge on any atom is 0.261 e. The molecule has 6 heteroatoms. The maximum absolute atomic E-state index is 12.5. The second-order valence-electron chi connectivity index (χ2n) is 6.66. The molecule has 1 heterocycles. The summed E-state index contributed by atoms with van der Waals surface area (Å²) >= 11 is 0. The Kier molecular flexibility index (Phi) is 4.56. The zero-order valence-corrected chi connectivity index (χ0v) is 15.4. The second-order valence-corrected chi connectivity index (χ2v) is 8.34. The van der Waals surface area contributed by atoms with Crippen molar-refractivity contribution >= 4 is 27.3 Å². The maximum atomic E-state index is 12.5. The third-order valence-electron chi connectivity index (χ3n) is 4.32. The molecule has 0 atom stereocenters. The van der Waals surface area contributed by atoms with Crippen molar-refractivity contribution in [3.63, 3.8) is 0 Å². The molecule has 0 saturated carbocycles. The van der Waals surface area contributed by atoms with Crippen LogP contribution in [0.2, 0.25) is 0 Å². The Bertz CT molecular complexity index is 903. The number of hydrogen-bond acceptors (Lipinski definition) is 3. The molecule has 0 spiro atoms. The lowest BCUT2D eigenvalue weighted by molar-refractivity contribution is -0.121. The van der Waals surface area contributed by atoms with Crippen LogP contribution >= 0.6 is 0 Å². The summed E-state index contributed by atoms with van der Waals surface area (Å²) in [6, 6.07) is 12.1. The first-order valence-corrected chi connectivity index (χ1v) is 9.80. The summed E-state index contributed by atoms with van der Waals surface area (Å²) in [7, 11) is -3.62. The van der Waals surface area contributed by atoms with E-state index >= 15 is 0 Å². The number of nitrogens with one attached hydrogen (secondary N) is 1. The molecule has 1 aliphatic rings. The Morgan fingerprint density at radius 2 is 1.80 bits per heavy atom. The predicted octanol–water partition coefficient (Wildman–Crippen LogP) is 3.34. The second kappa shape index (κ2) is 6.52. The lowest BCUT2D eigenvalue weighted by Gasteiger charge is -2.19. The fourth-order valence-electron chi connectivity index (χ4n) is 2.94. The highest BCUT2D eigenvalue weighted by molar-refractivity contribution is 7.92. The van der Waals surface area contributed by atoms with Crippen LogP contribution < -0.4 is 9.62 Å². The van der Waals surface area contributed by atoms with Gasteiger partial charge < -0.3 is 4.90 Å². The molecule has 0 bridgehead atoms. The third-order valence-corrected chi connectivity index (χ3v) is 5.72. The van der Waals surface area contributed by atoms with Gasteiger partial charge in [0.05, 0.1) is 4.90 Å². The van der Waals surface area contributed by atoms with Crippen LogP contribution in [0.15, 0.2) is 47.4 Å². The van der Waals surface area contributed by atoms with Gasteiger partial charge in [0.1, 0.15) is 0 Å². The van der Waals surface area contributed by atoms with Crippen molar-refractivity contribution in [2.45, 2.75) is 32.1 Å².